The molecule has 1 amide bonds. The molecule has 3 rings (SSSR count). The second kappa shape index (κ2) is 8.70. The monoisotopic (exact) mass is 369 g/mol. The van der Waals surface area contributed by atoms with Gasteiger partial charge in [0.05, 0.1) is 6.61 Å². The summed E-state index contributed by atoms with van der Waals surface area (Å²) < 4.78 is 5.44. The van der Waals surface area contributed by atoms with Gasteiger partial charge in [-0.2, -0.15) is 4.98 Å². The summed E-state index contributed by atoms with van der Waals surface area (Å²) in [5, 5.41) is 3.17. The van der Waals surface area contributed by atoms with Gasteiger partial charge in [-0.25, -0.2) is 4.98 Å². The van der Waals surface area contributed by atoms with Crippen molar-refractivity contribution in [3.05, 3.63) is 41.6 Å². The fourth-order valence-corrected chi connectivity index (χ4v) is 3.13. The van der Waals surface area contributed by atoms with Gasteiger partial charge in [0.25, 0.3) is 5.91 Å². The van der Waals surface area contributed by atoms with Crippen LogP contribution >= 0.6 is 0 Å². The molecule has 0 bridgehead atoms. The van der Waals surface area contributed by atoms with E-state index in [0.717, 1.165) is 36.9 Å². The number of nitrogens with zero attached hydrogens (tertiary/aromatic N) is 4. The van der Waals surface area contributed by atoms with Crippen LogP contribution in [0.3, 0.4) is 0 Å². The third-order valence-corrected chi connectivity index (χ3v) is 4.48. The van der Waals surface area contributed by atoms with Crippen LogP contribution in [0.1, 0.15) is 29.9 Å². The lowest BCUT2D eigenvalue weighted by atomic mass is 10.1. The van der Waals surface area contributed by atoms with Crippen molar-refractivity contribution in [3.63, 3.8) is 0 Å². The first-order valence-corrected chi connectivity index (χ1v) is 9.47. The third-order valence-electron chi connectivity index (χ3n) is 4.48. The number of benzene rings is 1. The van der Waals surface area contributed by atoms with Crippen LogP contribution in [-0.4, -0.2) is 60.1 Å². The maximum atomic E-state index is 12.7. The molecule has 7 nitrogen and oxygen atoms in total. The Balaban J connectivity index is 1.62. The molecule has 1 saturated heterocycles. The number of aromatic nitrogens is 2. The zero-order chi connectivity index (χ0) is 19.2. The smallest absolute Gasteiger partial charge is 0.253 e. The predicted molar refractivity (Wildman–Crippen MR) is 107 cm³/mol. The van der Waals surface area contributed by atoms with Gasteiger partial charge in [0.1, 0.15) is 11.6 Å². The van der Waals surface area contributed by atoms with Gasteiger partial charge in [-0.15, -0.1) is 0 Å². The van der Waals surface area contributed by atoms with E-state index in [1.54, 1.807) is 0 Å². The predicted octanol–water partition coefficient (Wildman–Crippen LogP) is 2.58. The van der Waals surface area contributed by atoms with Crippen LogP contribution in [-0.2, 0) is 0 Å². The molecule has 0 radical (unpaired) electrons. The van der Waals surface area contributed by atoms with E-state index in [1.807, 2.05) is 56.0 Å². The molecule has 7 heteroatoms. The molecule has 0 saturated carbocycles. The van der Waals surface area contributed by atoms with Gasteiger partial charge < -0.3 is 19.9 Å². The van der Waals surface area contributed by atoms with E-state index in [1.165, 1.54) is 0 Å². The van der Waals surface area contributed by atoms with Crippen LogP contribution in [0.5, 0.6) is 5.75 Å². The number of hydrogen-bond acceptors (Lipinski definition) is 6. The van der Waals surface area contributed by atoms with Crippen LogP contribution in [0.4, 0.5) is 11.8 Å². The topological polar surface area (TPSA) is 70.6 Å². The van der Waals surface area contributed by atoms with Crippen molar-refractivity contribution < 1.29 is 9.53 Å². The fraction of sp³-hybridized carbons (Fsp3) is 0.450. The van der Waals surface area contributed by atoms with Gasteiger partial charge in [0.15, 0.2) is 0 Å². The highest BCUT2D eigenvalue weighted by molar-refractivity contribution is 5.94. The molecule has 1 aliphatic rings. The van der Waals surface area contributed by atoms with E-state index in [9.17, 15) is 4.79 Å². The molecule has 1 N–H and O–H groups in total. The Morgan fingerprint density at radius 3 is 2.44 bits per heavy atom. The zero-order valence-electron chi connectivity index (χ0n) is 16.2. The number of anilines is 2. The molecule has 144 valence electrons. The van der Waals surface area contributed by atoms with Crippen molar-refractivity contribution in [1.82, 2.24) is 14.9 Å². The quantitative estimate of drug-likeness (QED) is 0.844. The van der Waals surface area contributed by atoms with Crippen molar-refractivity contribution in [3.8, 4) is 5.75 Å². The Hall–Kier alpha value is -2.83. The molecule has 1 fully saturated rings. The van der Waals surface area contributed by atoms with Crippen LogP contribution in [0.15, 0.2) is 30.3 Å². The van der Waals surface area contributed by atoms with Crippen molar-refractivity contribution in [2.24, 2.45) is 0 Å². The summed E-state index contributed by atoms with van der Waals surface area (Å²) in [6.07, 6.45) is 0. The molecule has 27 heavy (non-hydrogen) atoms. The minimum atomic E-state index is 0.0601. The van der Waals surface area contributed by atoms with Crippen molar-refractivity contribution in [1.29, 1.82) is 0 Å². The minimum Gasteiger partial charge on any atom is -0.494 e. The average Bonchev–Trinajstić information content (AvgIpc) is 2.68. The highest BCUT2D eigenvalue weighted by atomic mass is 16.5. The lowest BCUT2D eigenvalue weighted by Gasteiger charge is -2.35. The first kappa shape index (κ1) is 18.9. The highest BCUT2D eigenvalue weighted by Gasteiger charge is 2.23. The van der Waals surface area contributed by atoms with E-state index in [4.69, 9.17) is 4.74 Å². The van der Waals surface area contributed by atoms with Gasteiger partial charge in [-0.3, -0.25) is 4.79 Å². The SMILES string of the molecule is CCNc1nc(C)cc(N2CCN(C(=O)c3ccc(OCC)cc3)CC2)n1. The Kier molecular flexibility index (Phi) is 6.11. The minimum absolute atomic E-state index is 0.0601. The molecule has 0 atom stereocenters. The number of rotatable bonds is 6. The Morgan fingerprint density at radius 2 is 1.81 bits per heavy atom. The van der Waals surface area contributed by atoms with Crippen molar-refractivity contribution in [2.45, 2.75) is 20.8 Å². The van der Waals surface area contributed by atoms with Crippen molar-refractivity contribution >= 4 is 17.7 Å². The summed E-state index contributed by atoms with van der Waals surface area (Å²) in [5.74, 6) is 2.41. The van der Waals surface area contributed by atoms with E-state index in [-0.39, 0.29) is 5.91 Å². The molecule has 0 spiro atoms. The Morgan fingerprint density at radius 1 is 1.11 bits per heavy atom. The summed E-state index contributed by atoms with van der Waals surface area (Å²) in [7, 11) is 0. The number of ether oxygens (including phenoxy) is 1. The average molecular weight is 369 g/mol. The van der Waals surface area contributed by atoms with E-state index >= 15 is 0 Å². The molecule has 1 aromatic carbocycles. The summed E-state index contributed by atoms with van der Waals surface area (Å²) >= 11 is 0. The Bertz CT molecular complexity index is 770. The van der Waals surface area contributed by atoms with Gasteiger partial charge in [-0.05, 0) is 45.0 Å². The maximum Gasteiger partial charge on any atom is 0.253 e. The summed E-state index contributed by atoms with van der Waals surface area (Å²) in [6, 6.07) is 9.34. The van der Waals surface area contributed by atoms with E-state index in [0.29, 0.717) is 31.2 Å². The standard InChI is InChI=1S/C20H27N5O2/c1-4-21-20-22-15(3)14-18(23-20)24-10-12-25(13-11-24)19(26)16-6-8-17(9-7-16)27-5-2/h6-9,14H,4-5,10-13H2,1-3H3,(H,21,22,23). The van der Waals surface area contributed by atoms with Gasteiger partial charge in [0, 0.05) is 50.0 Å². The number of hydrogen-bond donors (Lipinski definition) is 1. The first-order valence-electron chi connectivity index (χ1n) is 9.47. The van der Waals surface area contributed by atoms with Crippen molar-refractivity contribution in [2.75, 3.05) is 49.5 Å². The molecule has 2 heterocycles. The lowest BCUT2D eigenvalue weighted by Crippen LogP contribution is -2.49. The molecular formula is C20H27N5O2. The molecule has 0 aliphatic carbocycles. The lowest BCUT2D eigenvalue weighted by molar-refractivity contribution is 0.0746. The summed E-state index contributed by atoms with van der Waals surface area (Å²) in [6.45, 7) is 10.2. The molecule has 1 aromatic heterocycles. The second-order valence-corrected chi connectivity index (χ2v) is 6.46. The molecule has 1 aliphatic heterocycles. The number of piperazine rings is 1. The van der Waals surface area contributed by atoms with E-state index in [2.05, 4.69) is 20.2 Å². The normalized spacial score (nSPS) is 14.2. The molecule has 0 unspecified atom stereocenters. The Labute approximate surface area is 160 Å². The fourth-order valence-electron chi connectivity index (χ4n) is 3.13. The number of carbonyl (C=O) groups is 1. The number of amides is 1. The zero-order valence-corrected chi connectivity index (χ0v) is 16.2. The highest BCUT2D eigenvalue weighted by Crippen LogP contribution is 2.19. The van der Waals surface area contributed by atoms with Crippen LogP contribution in [0, 0.1) is 6.92 Å². The third kappa shape index (κ3) is 4.67. The second-order valence-electron chi connectivity index (χ2n) is 6.46. The van der Waals surface area contributed by atoms with Gasteiger partial charge in [-0.1, -0.05) is 0 Å². The largest absolute Gasteiger partial charge is 0.494 e. The summed E-state index contributed by atoms with van der Waals surface area (Å²) in [5.41, 5.74) is 1.63. The number of nitrogens with one attached hydrogen (secondary N) is 1. The van der Waals surface area contributed by atoms with Gasteiger partial charge >= 0.3 is 0 Å². The molecular weight excluding hydrogens is 342 g/mol. The van der Waals surface area contributed by atoms with Crippen LogP contribution in [0.2, 0.25) is 0 Å². The van der Waals surface area contributed by atoms with E-state index < -0.39 is 0 Å². The number of carbonyl (C=O) groups excluding carboxylic acids is 1. The summed E-state index contributed by atoms with van der Waals surface area (Å²) in [4.78, 5) is 25.8. The van der Waals surface area contributed by atoms with Crippen LogP contribution in [0.25, 0.3) is 0 Å². The molecule has 2 aromatic rings. The number of aryl methyl sites for hydroxylation is 1. The van der Waals surface area contributed by atoms with Gasteiger partial charge in [0.2, 0.25) is 5.95 Å². The first-order chi connectivity index (χ1) is 13.1. The maximum absolute atomic E-state index is 12.7. The van der Waals surface area contributed by atoms with Crippen LogP contribution < -0.4 is 15.0 Å².